The van der Waals surface area contributed by atoms with Gasteiger partial charge in [0.25, 0.3) is 5.97 Å². The first kappa shape index (κ1) is 14.2. The molecule has 1 aromatic rings. The Morgan fingerprint density at radius 3 is 2.47 bits per heavy atom. The molecule has 0 spiro atoms. The van der Waals surface area contributed by atoms with Crippen molar-refractivity contribution in [1.29, 1.82) is 0 Å². The summed E-state index contributed by atoms with van der Waals surface area (Å²) in [4.78, 5) is 21.8. The number of aryl methyl sites for hydroxylation is 1. The van der Waals surface area contributed by atoms with Crippen LogP contribution in [0.2, 0.25) is 0 Å². The van der Waals surface area contributed by atoms with Gasteiger partial charge in [-0.2, -0.15) is 0 Å². The number of hydrogen-bond acceptors (Lipinski definition) is 3. The molecule has 0 atom stereocenters. The van der Waals surface area contributed by atoms with E-state index in [1.807, 2.05) is 0 Å². The van der Waals surface area contributed by atoms with Gasteiger partial charge in [-0.25, -0.2) is 0 Å². The van der Waals surface area contributed by atoms with Crippen LogP contribution in [0, 0.1) is 20.4 Å². The van der Waals surface area contributed by atoms with E-state index >= 15 is 0 Å². The molecule has 0 aliphatic carbocycles. The van der Waals surface area contributed by atoms with E-state index in [9.17, 15) is 14.7 Å². The zero-order valence-corrected chi connectivity index (χ0v) is 11.2. The van der Waals surface area contributed by atoms with Gasteiger partial charge in [0.15, 0.2) is 0 Å². The number of nitrogens with zero attached hydrogens (tertiary/aromatic N) is 1. The molecule has 0 saturated heterocycles. The predicted molar refractivity (Wildman–Crippen MR) is 49.2 cm³/mol. The molecule has 0 amide bonds. The van der Waals surface area contributed by atoms with Crippen LogP contribution in [-0.2, 0) is 37.5 Å². The molecule has 1 aromatic heterocycles. The van der Waals surface area contributed by atoms with Crippen molar-refractivity contribution in [3.63, 3.8) is 0 Å². The molecule has 79 valence electrons. The molecule has 0 bridgehead atoms. The van der Waals surface area contributed by atoms with Gasteiger partial charge in [0.05, 0.1) is 0 Å². The van der Waals surface area contributed by atoms with Crippen LogP contribution in [0.5, 0.6) is 5.75 Å². The molecule has 1 radical (unpaired) electrons. The fourth-order valence-electron chi connectivity index (χ4n) is 1.10. The van der Waals surface area contributed by atoms with Crippen molar-refractivity contribution in [2.24, 2.45) is 0 Å². The molecule has 1 rings (SSSR count). The maximum absolute atomic E-state index is 11.5. The number of rotatable bonds is 2. The van der Waals surface area contributed by atoms with Crippen molar-refractivity contribution < 1.29 is 47.7 Å². The molecule has 2 N–H and O–H groups in total. The van der Waals surface area contributed by atoms with Gasteiger partial charge in [0, 0.05) is 32.7 Å². The third-order valence-electron chi connectivity index (χ3n) is 1.89. The summed E-state index contributed by atoms with van der Waals surface area (Å²) < 4.78 is 0.984. The third kappa shape index (κ3) is 3.07. The normalized spacial score (nSPS) is 9.20. The van der Waals surface area contributed by atoms with Crippen molar-refractivity contribution >= 4 is 5.97 Å². The second-order valence-corrected chi connectivity index (χ2v) is 2.94. The number of carboxylic acids is 1. The minimum atomic E-state index is -1.21. The number of pyridine rings is 1. The second-order valence-electron chi connectivity index (χ2n) is 2.94. The van der Waals surface area contributed by atoms with Gasteiger partial charge >= 0.3 is 0 Å². The number of hydrogen-bond donors (Lipinski definition) is 2. The molecule has 0 saturated carbocycles. The summed E-state index contributed by atoms with van der Waals surface area (Å²) >= 11 is 0. The van der Waals surface area contributed by atoms with Crippen molar-refractivity contribution in [2.75, 3.05) is 0 Å². The Hall–Kier alpha value is -0.806. The van der Waals surface area contributed by atoms with Crippen LogP contribution < -0.4 is 5.56 Å². The first-order valence-electron chi connectivity index (χ1n) is 3.93. The molecule has 15 heavy (non-hydrogen) atoms. The molecule has 0 unspecified atom stereocenters. The van der Waals surface area contributed by atoms with E-state index in [0.717, 1.165) is 11.1 Å². The Bertz CT molecular complexity index is 438. The third-order valence-corrected chi connectivity index (χ3v) is 1.89. The molecular formula is C9H10NO4Y-. The summed E-state index contributed by atoms with van der Waals surface area (Å²) in [5, 5.41) is 17.8. The topological polar surface area (TPSA) is 79.5 Å². The SMILES string of the molecule is Cc1c(O)cc(C)n([CH-]C(=O)O)c1=O.[Y]. The Morgan fingerprint density at radius 1 is 1.47 bits per heavy atom. The predicted octanol–water partition coefficient (Wildman–Crippen LogP) is 0.263. The summed E-state index contributed by atoms with van der Waals surface area (Å²) in [5.74, 6) is -1.33. The molecule has 0 aromatic carbocycles. The van der Waals surface area contributed by atoms with E-state index in [-0.39, 0.29) is 44.0 Å². The van der Waals surface area contributed by atoms with E-state index in [2.05, 4.69) is 0 Å². The molecule has 6 heteroatoms. The molecule has 0 fully saturated rings. The van der Waals surface area contributed by atoms with Crippen molar-refractivity contribution in [1.82, 2.24) is 4.57 Å². The van der Waals surface area contributed by atoms with Gasteiger partial charge in [0.2, 0.25) is 0 Å². The molecular weight excluding hydrogens is 275 g/mol. The minimum absolute atomic E-state index is 0. The van der Waals surface area contributed by atoms with Crippen molar-refractivity contribution in [3.05, 3.63) is 34.2 Å². The second kappa shape index (κ2) is 5.33. The monoisotopic (exact) mass is 285 g/mol. The van der Waals surface area contributed by atoms with Gasteiger partial charge in [-0.05, 0) is 19.0 Å². The summed E-state index contributed by atoms with van der Waals surface area (Å²) in [6.45, 7) is 3.74. The van der Waals surface area contributed by atoms with Crippen LogP contribution >= 0.6 is 0 Å². The van der Waals surface area contributed by atoms with Gasteiger partial charge in [0.1, 0.15) is 11.3 Å². The summed E-state index contributed by atoms with van der Waals surface area (Å²) in [7, 11) is 0. The molecule has 0 aliphatic rings. The zero-order valence-electron chi connectivity index (χ0n) is 8.39. The summed E-state index contributed by atoms with van der Waals surface area (Å²) in [5.41, 5.74) is -0.0153. The average molecular weight is 285 g/mol. The Morgan fingerprint density at radius 2 is 2.00 bits per heavy atom. The van der Waals surface area contributed by atoms with Gasteiger partial charge in [-0.3, -0.25) is 4.79 Å². The summed E-state index contributed by atoms with van der Waals surface area (Å²) in [6, 6.07) is 1.34. The van der Waals surface area contributed by atoms with E-state index < -0.39 is 11.5 Å². The Labute approximate surface area is 112 Å². The maximum atomic E-state index is 11.5. The standard InChI is InChI=1S/C9H10NO4.Y/c1-5-3-7(11)6(2)9(14)10(5)4-8(12)13;/h3-4,11H,1-2H3,(H,12,13);/q-1;. The summed E-state index contributed by atoms with van der Waals surface area (Å²) in [6.07, 6.45) is 0. The molecule has 1 heterocycles. The fourth-order valence-corrected chi connectivity index (χ4v) is 1.10. The largest absolute Gasteiger partial charge is 0.510 e. The Kier molecular flexibility index (Phi) is 5.04. The first-order valence-corrected chi connectivity index (χ1v) is 3.93. The van der Waals surface area contributed by atoms with Crippen LogP contribution in [0.4, 0.5) is 0 Å². The van der Waals surface area contributed by atoms with Gasteiger partial charge < -0.3 is 19.6 Å². The van der Waals surface area contributed by atoms with Crippen LogP contribution in [0.3, 0.4) is 0 Å². The van der Waals surface area contributed by atoms with E-state index in [1.54, 1.807) is 6.92 Å². The molecule has 0 aliphatic heterocycles. The molecule has 5 nitrogen and oxygen atoms in total. The van der Waals surface area contributed by atoms with Gasteiger partial charge in [-0.1, -0.05) is 18.7 Å². The number of aromatic nitrogens is 1. The first-order chi connectivity index (χ1) is 6.43. The quantitative estimate of drug-likeness (QED) is 0.764. The van der Waals surface area contributed by atoms with Crippen LogP contribution in [-0.4, -0.2) is 20.7 Å². The maximum Gasteiger partial charge on any atom is 0.288 e. The van der Waals surface area contributed by atoms with Crippen molar-refractivity contribution in [3.8, 4) is 5.75 Å². The minimum Gasteiger partial charge on any atom is -0.510 e. The Balaban J connectivity index is 0.00000196. The zero-order chi connectivity index (χ0) is 10.9. The number of carbonyl (C=O) groups is 1. The number of carboxylic acid groups (broad SMARTS) is 1. The van der Waals surface area contributed by atoms with Crippen LogP contribution in [0.25, 0.3) is 0 Å². The fraction of sp³-hybridized carbons (Fsp3) is 0.222. The van der Waals surface area contributed by atoms with Gasteiger partial charge in [-0.15, -0.1) is 0 Å². The number of aromatic hydroxyl groups is 1. The van der Waals surface area contributed by atoms with Crippen LogP contribution in [0.1, 0.15) is 11.3 Å². The van der Waals surface area contributed by atoms with E-state index in [0.29, 0.717) is 5.69 Å². The number of aliphatic carboxylic acids is 1. The smallest absolute Gasteiger partial charge is 0.288 e. The van der Waals surface area contributed by atoms with Crippen molar-refractivity contribution in [2.45, 2.75) is 13.8 Å². The van der Waals surface area contributed by atoms with Crippen LogP contribution in [0.15, 0.2) is 10.9 Å². The average Bonchev–Trinajstić information content (AvgIpc) is 2.09. The van der Waals surface area contributed by atoms with E-state index in [1.165, 1.54) is 13.0 Å². The van der Waals surface area contributed by atoms with E-state index in [4.69, 9.17) is 5.11 Å².